The molecule has 0 radical (unpaired) electrons. The molecule has 0 atom stereocenters. The first-order valence-corrected chi connectivity index (χ1v) is 13.5. The molecule has 200 valence electrons. The minimum absolute atomic E-state index is 0.0613. The Kier molecular flexibility index (Phi) is 10.2. The summed E-state index contributed by atoms with van der Waals surface area (Å²) in [4.78, 5) is 32.3. The van der Waals surface area contributed by atoms with Gasteiger partial charge in [0.2, 0.25) is 0 Å². The van der Waals surface area contributed by atoms with Crippen molar-refractivity contribution in [2.24, 2.45) is 0 Å². The molecule has 0 bridgehead atoms. The van der Waals surface area contributed by atoms with Gasteiger partial charge >= 0.3 is 0 Å². The van der Waals surface area contributed by atoms with E-state index in [9.17, 15) is 4.79 Å². The van der Waals surface area contributed by atoms with Gasteiger partial charge in [0.1, 0.15) is 11.6 Å². The third-order valence-electron chi connectivity index (χ3n) is 6.45. The van der Waals surface area contributed by atoms with Crippen molar-refractivity contribution in [3.05, 3.63) is 107 Å². The van der Waals surface area contributed by atoms with Gasteiger partial charge < -0.3 is 20.2 Å². The van der Waals surface area contributed by atoms with E-state index in [1.165, 1.54) is 24.0 Å². The zero-order chi connectivity index (χ0) is 26.6. The van der Waals surface area contributed by atoms with Crippen LogP contribution in [0.25, 0.3) is 0 Å². The third-order valence-corrected chi connectivity index (χ3v) is 6.45. The van der Waals surface area contributed by atoms with Crippen LogP contribution in [0.2, 0.25) is 0 Å². The van der Waals surface area contributed by atoms with Crippen LogP contribution >= 0.6 is 0 Å². The van der Waals surface area contributed by atoms with Crippen molar-refractivity contribution in [3.8, 4) is 0 Å². The highest BCUT2D eigenvalue weighted by Gasteiger charge is 2.18. The molecular weight excluding hydrogens is 474 g/mol. The van der Waals surface area contributed by atoms with Crippen LogP contribution in [0.3, 0.4) is 0 Å². The van der Waals surface area contributed by atoms with Crippen LogP contribution in [0, 0.1) is 0 Å². The first kappa shape index (κ1) is 27.3. The molecule has 38 heavy (non-hydrogen) atoms. The van der Waals surface area contributed by atoms with E-state index in [2.05, 4.69) is 68.3 Å². The summed E-state index contributed by atoms with van der Waals surface area (Å²) in [7, 11) is 0. The van der Waals surface area contributed by atoms with Gasteiger partial charge in [0.05, 0.1) is 13.1 Å². The number of aromatic nitrogens is 4. The van der Waals surface area contributed by atoms with Crippen molar-refractivity contribution < 1.29 is 4.79 Å². The van der Waals surface area contributed by atoms with E-state index in [0.29, 0.717) is 18.7 Å². The maximum Gasteiger partial charge on any atom is 0.254 e. The minimum atomic E-state index is -0.0613. The Morgan fingerprint density at radius 3 is 1.71 bits per heavy atom. The number of aromatic amines is 2. The number of nitrogens with zero attached hydrogens (tertiary/aromatic N) is 4. The smallest absolute Gasteiger partial charge is 0.254 e. The molecule has 4 rings (SSSR count). The van der Waals surface area contributed by atoms with Crippen molar-refractivity contribution in [1.82, 2.24) is 35.1 Å². The fraction of sp³-hybridized carbons (Fsp3) is 0.367. The number of carbonyl (C=O) groups is 1. The molecule has 3 N–H and O–H groups in total. The summed E-state index contributed by atoms with van der Waals surface area (Å²) in [5.41, 5.74) is 4.41. The third kappa shape index (κ3) is 8.13. The highest BCUT2D eigenvalue weighted by Crippen LogP contribution is 2.13. The molecule has 2 heterocycles. The Hall–Kier alpha value is -3.75. The first-order valence-electron chi connectivity index (χ1n) is 13.5. The lowest BCUT2D eigenvalue weighted by atomic mass is 10.1. The van der Waals surface area contributed by atoms with Gasteiger partial charge in [0, 0.05) is 50.0 Å². The van der Waals surface area contributed by atoms with Crippen LogP contribution in [-0.4, -0.2) is 48.7 Å². The van der Waals surface area contributed by atoms with Crippen molar-refractivity contribution in [2.45, 2.75) is 59.4 Å². The van der Waals surface area contributed by atoms with E-state index in [1.54, 1.807) is 29.7 Å². The largest absolute Gasteiger partial charge is 0.347 e. The number of amides is 1. The molecule has 2 aromatic heterocycles. The molecule has 4 aromatic rings. The number of nitrogens with one attached hydrogen (secondary N) is 3. The van der Waals surface area contributed by atoms with Crippen LogP contribution in [0.1, 0.15) is 65.4 Å². The van der Waals surface area contributed by atoms with Gasteiger partial charge in [-0.3, -0.25) is 9.69 Å². The van der Waals surface area contributed by atoms with Gasteiger partial charge in [0.25, 0.3) is 5.91 Å². The number of rotatable bonds is 15. The molecule has 8 nitrogen and oxygen atoms in total. The quantitative estimate of drug-likeness (QED) is 0.211. The Morgan fingerprint density at radius 2 is 1.24 bits per heavy atom. The monoisotopic (exact) mass is 513 g/mol. The molecule has 0 aliphatic heterocycles. The van der Waals surface area contributed by atoms with Gasteiger partial charge in [-0.05, 0) is 54.8 Å². The van der Waals surface area contributed by atoms with Crippen LogP contribution in [-0.2, 0) is 32.7 Å². The van der Waals surface area contributed by atoms with E-state index in [1.807, 2.05) is 24.3 Å². The Bertz CT molecular complexity index is 1160. The molecule has 0 fully saturated rings. The van der Waals surface area contributed by atoms with Gasteiger partial charge in [-0.15, -0.1) is 0 Å². The predicted molar refractivity (Wildman–Crippen MR) is 150 cm³/mol. The zero-order valence-corrected chi connectivity index (χ0v) is 22.5. The van der Waals surface area contributed by atoms with Gasteiger partial charge in [-0.25, -0.2) is 9.97 Å². The Morgan fingerprint density at radius 1 is 0.737 bits per heavy atom. The topological polar surface area (TPSA) is 92.9 Å². The van der Waals surface area contributed by atoms with Crippen molar-refractivity contribution in [1.29, 1.82) is 0 Å². The molecule has 0 aliphatic carbocycles. The second-order valence-corrected chi connectivity index (χ2v) is 9.63. The molecule has 2 aromatic carbocycles. The lowest BCUT2D eigenvalue weighted by Crippen LogP contribution is -2.31. The molecule has 0 spiro atoms. The molecule has 0 saturated carbocycles. The fourth-order valence-corrected chi connectivity index (χ4v) is 4.55. The minimum Gasteiger partial charge on any atom is -0.347 e. The number of imidazole rings is 2. The molecule has 0 unspecified atom stereocenters. The van der Waals surface area contributed by atoms with E-state index < -0.39 is 0 Å². The number of H-pyrrole nitrogens is 2. The number of carbonyl (C=O) groups excluding carboxylic acids is 1. The first-order chi connectivity index (χ1) is 18.6. The van der Waals surface area contributed by atoms with Crippen molar-refractivity contribution >= 4 is 5.91 Å². The summed E-state index contributed by atoms with van der Waals surface area (Å²) >= 11 is 0. The molecule has 0 aliphatic rings. The average Bonchev–Trinajstić information content (AvgIpc) is 3.64. The molecule has 8 heteroatoms. The summed E-state index contributed by atoms with van der Waals surface area (Å²) in [6, 6.07) is 16.7. The SMILES string of the molecule is CCCN(CCC)Cc1ccc(CNCc2ccc(C(=O)N(Cc3ncc[nH]3)Cc3ncc[nH]3)cc2)cc1. The highest BCUT2D eigenvalue weighted by molar-refractivity contribution is 5.94. The van der Waals surface area contributed by atoms with E-state index in [-0.39, 0.29) is 5.91 Å². The van der Waals surface area contributed by atoms with Crippen LogP contribution < -0.4 is 5.32 Å². The summed E-state index contributed by atoms with van der Waals surface area (Å²) in [5.74, 6) is 1.41. The van der Waals surface area contributed by atoms with Crippen LogP contribution in [0.15, 0.2) is 73.3 Å². The molecule has 1 amide bonds. The second-order valence-electron chi connectivity index (χ2n) is 9.63. The standard InChI is InChI=1S/C30H39N7O/c1-3-17-36(18-4-2)21-26-7-5-24(6-8-26)19-31-20-25-9-11-27(12-10-25)30(38)37(22-28-32-13-14-33-28)23-29-34-15-16-35-29/h5-16,31H,3-4,17-23H2,1-2H3,(H,32,33)(H,34,35). The summed E-state index contributed by atoms with van der Waals surface area (Å²) in [6.07, 6.45) is 9.27. The van der Waals surface area contributed by atoms with E-state index in [4.69, 9.17) is 0 Å². The zero-order valence-electron chi connectivity index (χ0n) is 22.5. The Labute approximate surface area is 225 Å². The van der Waals surface area contributed by atoms with Crippen LogP contribution in [0.4, 0.5) is 0 Å². The van der Waals surface area contributed by atoms with E-state index in [0.717, 1.165) is 49.9 Å². The van der Waals surface area contributed by atoms with Gasteiger partial charge in [-0.1, -0.05) is 50.2 Å². The predicted octanol–water partition coefficient (Wildman–Crippen LogP) is 4.89. The van der Waals surface area contributed by atoms with Crippen LogP contribution in [0.5, 0.6) is 0 Å². The van der Waals surface area contributed by atoms with Gasteiger partial charge in [0.15, 0.2) is 0 Å². The van der Waals surface area contributed by atoms with Gasteiger partial charge in [-0.2, -0.15) is 0 Å². The maximum absolute atomic E-state index is 13.3. The maximum atomic E-state index is 13.3. The van der Waals surface area contributed by atoms with Crippen molar-refractivity contribution in [3.63, 3.8) is 0 Å². The Balaban J connectivity index is 1.29. The number of benzene rings is 2. The molecular formula is C30H39N7O. The lowest BCUT2D eigenvalue weighted by Gasteiger charge is -2.21. The lowest BCUT2D eigenvalue weighted by molar-refractivity contribution is 0.0721. The summed E-state index contributed by atoms with van der Waals surface area (Å²) in [6.45, 7) is 10.1. The average molecular weight is 514 g/mol. The summed E-state index contributed by atoms with van der Waals surface area (Å²) in [5, 5.41) is 3.52. The summed E-state index contributed by atoms with van der Waals surface area (Å²) < 4.78 is 0. The number of hydrogen-bond acceptors (Lipinski definition) is 5. The highest BCUT2D eigenvalue weighted by atomic mass is 16.2. The number of hydrogen-bond donors (Lipinski definition) is 3. The van der Waals surface area contributed by atoms with Crippen molar-refractivity contribution in [2.75, 3.05) is 13.1 Å². The molecule has 0 saturated heterocycles. The van der Waals surface area contributed by atoms with E-state index >= 15 is 0 Å². The fourth-order valence-electron chi connectivity index (χ4n) is 4.55. The normalized spacial score (nSPS) is 11.2. The second kappa shape index (κ2) is 14.3.